The van der Waals surface area contributed by atoms with Gasteiger partial charge in [-0.15, -0.1) is 0 Å². The van der Waals surface area contributed by atoms with Crippen molar-refractivity contribution in [2.45, 2.75) is 90.6 Å². The highest BCUT2D eigenvalue weighted by Gasteiger charge is 2.28. The van der Waals surface area contributed by atoms with Gasteiger partial charge in [0.15, 0.2) is 0 Å². The van der Waals surface area contributed by atoms with E-state index in [1.165, 1.54) is 29.8 Å². The van der Waals surface area contributed by atoms with Gasteiger partial charge in [0, 0.05) is 38.3 Å². The van der Waals surface area contributed by atoms with Gasteiger partial charge in [-0.3, -0.25) is 14.4 Å². The number of anilines is 1. The topological polar surface area (TPSA) is 145 Å². The van der Waals surface area contributed by atoms with Gasteiger partial charge in [-0.05, 0) is 69.9 Å². The quantitative estimate of drug-likeness (QED) is 0.229. The Kier molecular flexibility index (Phi) is 10.9. The first kappa shape index (κ1) is 33.3. The van der Waals surface area contributed by atoms with E-state index in [0.29, 0.717) is 27.9 Å². The fourth-order valence-corrected chi connectivity index (χ4v) is 6.13. The third-order valence-corrected chi connectivity index (χ3v) is 8.80. The lowest BCUT2D eigenvalue weighted by atomic mass is 9.89. The van der Waals surface area contributed by atoms with E-state index in [1.807, 2.05) is 0 Å². The molecule has 1 unspecified atom stereocenters. The highest BCUT2D eigenvalue weighted by molar-refractivity contribution is 6.30. The molecule has 3 aromatic rings. The van der Waals surface area contributed by atoms with Crippen LogP contribution in [-0.2, 0) is 25.6 Å². The Balaban J connectivity index is 1.33. The van der Waals surface area contributed by atoms with Gasteiger partial charge >= 0.3 is 11.9 Å². The van der Waals surface area contributed by atoms with Crippen LogP contribution in [0.5, 0.6) is 0 Å². The highest BCUT2D eigenvalue weighted by atomic mass is 35.5. The molecule has 12 nitrogen and oxygen atoms in total. The molecule has 2 aromatic heterocycles. The number of likely N-dealkylation sites (tertiary alicyclic amines) is 1. The fraction of sp³-hybridized carbons (Fsp3) is 0.515. The number of nitrogens with zero attached hydrogens (tertiary/aromatic N) is 4. The van der Waals surface area contributed by atoms with E-state index in [9.17, 15) is 19.2 Å². The van der Waals surface area contributed by atoms with Crippen LogP contribution in [0.1, 0.15) is 86.7 Å². The summed E-state index contributed by atoms with van der Waals surface area (Å²) in [7, 11) is 0. The molecule has 1 saturated heterocycles. The number of esters is 2. The van der Waals surface area contributed by atoms with Gasteiger partial charge in [-0.1, -0.05) is 30.9 Å². The third-order valence-electron chi connectivity index (χ3n) is 8.57. The summed E-state index contributed by atoms with van der Waals surface area (Å²) in [5, 5.41) is 6.23. The Labute approximate surface area is 273 Å². The molecule has 2 aliphatic rings. The maximum absolute atomic E-state index is 13.6. The number of piperidine rings is 1. The number of pyridine rings is 1. The van der Waals surface area contributed by atoms with Crippen LogP contribution in [0, 0.1) is 5.92 Å². The van der Waals surface area contributed by atoms with E-state index in [1.54, 1.807) is 18.2 Å². The number of halogens is 1. The van der Waals surface area contributed by atoms with Crippen LogP contribution in [0.25, 0.3) is 11.0 Å². The first-order valence-electron chi connectivity index (χ1n) is 16.0. The van der Waals surface area contributed by atoms with Gasteiger partial charge in [0.2, 0.25) is 18.0 Å². The van der Waals surface area contributed by atoms with Crippen molar-refractivity contribution in [1.29, 1.82) is 0 Å². The maximum Gasteiger partial charge on any atom is 0.341 e. The summed E-state index contributed by atoms with van der Waals surface area (Å²) in [6.45, 7) is 7.33. The lowest BCUT2D eigenvalue weighted by Gasteiger charge is -2.34. The van der Waals surface area contributed by atoms with Crippen molar-refractivity contribution in [3.05, 3.63) is 52.9 Å². The minimum atomic E-state index is -1.07. The van der Waals surface area contributed by atoms with Crippen molar-refractivity contribution in [3.63, 3.8) is 0 Å². The molecule has 0 bridgehead atoms. The second-order valence-corrected chi connectivity index (χ2v) is 12.7. The summed E-state index contributed by atoms with van der Waals surface area (Å²) in [5.41, 5.74) is 0.978. The number of hydrogen-bond acceptors (Lipinski definition) is 9. The van der Waals surface area contributed by atoms with Gasteiger partial charge in [0.25, 0.3) is 5.91 Å². The van der Waals surface area contributed by atoms with Gasteiger partial charge in [0.1, 0.15) is 12.4 Å². The summed E-state index contributed by atoms with van der Waals surface area (Å²) in [4.78, 5) is 63.2. The summed E-state index contributed by atoms with van der Waals surface area (Å²) < 4.78 is 12.3. The number of ether oxygens (including phenoxy) is 2. The van der Waals surface area contributed by atoms with Gasteiger partial charge in [0.05, 0.1) is 27.5 Å². The molecule has 1 aliphatic carbocycles. The summed E-state index contributed by atoms with van der Waals surface area (Å²) in [6, 6.07) is 8.23. The number of hydrogen-bond donors (Lipinski definition) is 2. The number of aromatic nitrogens is 3. The molecule has 2 N–H and O–H groups in total. The molecule has 46 heavy (non-hydrogen) atoms. The fourth-order valence-electron chi connectivity index (χ4n) is 6.02. The van der Waals surface area contributed by atoms with E-state index in [4.69, 9.17) is 21.1 Å². The van der Waals surface area contributed by atoms with Gasteiger partial charge in [-0.25, -0.2) is 14.8 Å². The predicted octanol–water partition coefficient (Wildman–Crippen LogP) is 4.95. The zero-order chi connectivity index (χ0) is 32.8. The number of fused-ring (bicyclic) bond motifs is 1. The van der Waals surface area contributed by atoms with Crippen LogP contribution in [0.3, 0.4) is 0 Å². The lowest BCUT2D eigenvalue weighted by Crippen LogP contribution is -2.47. The number of carbonyl (C=O) groups is 4. The zero-order valence-corrected chi connectivity index (χ0v) is 27.2. The Morgan fingerprint density at radius 1 is 0.978 bits per heavy atom. The van der Waals surface area contributed by atoms with Crippen molar-refractivity contribution in [2.24, 2.45) is 5.92 Å². The van der Waals surface area contributed by atoms with Crippen LogP contribution in [0.15, 0.2) is 36.5 Å². The molecule has 2 amide bonds. The number of imidazole rings is 1. The predicted molar refractivity (Wildman–Crippen MR) is 172 cm³/mol. The van der Waals surface area contributed by atoms with Crippen molar-refractivity contribution in [1.82, 2.24) is 24.8 Å². The monoisotopic (exact) mass is 652 g/mol. The van der Waals surface area contributed by atoms with E-state index in [0.717, 1.165) is 58.0 Å². The molecule has 0 radical (unpaired) electrons. The van der Waals surface area contributed by atoms with Crippen molar-refractivity contribution < 1.29 is 28.7 Å². The maximum atomic E-state index is 13.6. The molecular formula is C33H41ClN6O6. The molecule has 2 fully saturated rings. The Morgan fingerprint density at radius 2 is 1.72 bits per heavy atom. The number of rotatable bonds is 10. The molecule has 0 spiro atoms. The molecule has 5 rings (SSSR count). The Morgan fingerprint density at radius 3 is 2.39 bits per heavy atom. The summed E-state index contributed by atoms with van der Waals surface area (Å²) in [6.07, 6.45) is 6.58. The largest absolute Gasteiger partial charge is 0.425 e. The molecule has 1 aromatic carbocycles. The van der Waals surface area contributed by atoms with Crippen molar-refractivity contribution in [3.8, 4) is 0 Å². The van der Waals surface area contributed by atoms with Crippen molar-refractivity contribution >= 4 is 52.2 Å². The number of carbonyl (C=O) groups excluding carboxylic acids is 4. The molecule has 1 saturated carbocycles. The number of nitrogens with one attached hydrogen (secondary N) is 2. The average molecular weight is 653 g/mol. The number of benzene rings is 1. The van der Waals surface area contributed by atoms with Crippen LogP contribution in [-0.4, -0.2) is 74.7 Å². The van der Waals surface area contributed by atoms with E-state index in [-0.39, 0.29) is 35.9 Å². The Bertz CT molecular complexity index is 1560. The second-order valence-electron chi connectivity index (χ2n) is 12.3. The first-order valence-corrected chi connectivity index (χ1v) is 16.3. The molecule has 1 atom stereocenters. The minimum Gasteiger partial charge on any atom is -0.425 e. The van der Waals surface area contributed by atoms with Crippen molar-refractivity contribution in [2.75, 3.05) is 18.4 Å². The van der Waals surface area contributed by atoms with Crippen LogP contribution >= 0.6 is 11.6 Å². The van der Waals surface area contributed by atoms with E-state index >= 15 is 0 Å². The van der Waals surface area contributed by atoms with E-state index in [2.05, 4.69) is 39.3 Å². The molecule has 1 aliphatic heterocycles. The molecule has 246 valence electrons. The van der Waals surface area contributed by atoms with Crippen LogP contribution in [0.4, 0.5) is 5.82 Å². The van der Waals surface area contributed by atoms with Gasteiger partial charge < -0.3 is 29.6 Å². The number of amides is 2. The Hall–Kier alpha value is -4.03. The minimum absolute atomic E-state index is 0.0359. The summed E-state index contributed by atoms with van der Waals surface area (Å²) in [5.74, 6) is -1.71. The molecule has 3 heterocycles. The highest BCUT2D eigenvalue weighted by Crippen LogP contribution is 2.26. The lowest BCUT2D eigenvalue weighted by molar-refractivity contribution is -0.171. The molecular weight excluding hydrogens is 612 g/mol. The standard InChI is InChI=1S/C33H41ClN6O6/c1-20(2)39-15-13-25(14-16-39)36-31(42)30-37-26-17-23(33(44)46-21(3)45-32(43)22-7-5-4-6-8-22)9-11-27(26)40(30)19-29(41)38-28-12-10-24(34)18-35-28/h9-12,17-18,20-22,25H,4-8,13-16,19H2,1-3H3,(H,36,42)(H,35,38,41). The zero-order valence-electron chi connectivity index (χ0n) is 26.5. The average Bonchev–Trinajstić information content (AvgIpc) is 3.40. The normalized spacial score (nSPS) is 17.1. The van der Waals surface area contributed by atoms with Crippen LogP contribution in [0.2, 0.25) is 5.02 Å². The van der Waals surface area contributed by atoms with Gasteiger partial charge in [-0.2, -0.15) is 0 Å². The molecule has 13 heteroatoms. The smallest absolute Gasteiger partial charge is 0.341 e. The second kappa shape index (κ2) is 15.0. The third kappa shape index (κ3) is 8.41. The summed E-state index contributed by atoms with van der Waals surface area (Å²) >= 11 is 5.92. The SMILES string of the molecule is CC(OC(=O)c1ccc2c(c1)nc(C(=O)NC1CCN(C(C)C)CC1)n2CC(=O)Nc1ccc(Cl)cn1)OC(=O)C1CCCCC1. The van der Waals surface area contributed by atoms with E-state index < -0.39 is 24.1 Å². The van der Waals surface area contributed by atoms with Crippen LogP contribution < -0.4 is 10.6 Å². The first-order chi connectivity index (χ1) is 22.1.